The van der Waals surface area contributed by atoms with Crippen LogP contribution >= 0.6 is 0 Å². The fourth-order valence-corrected chi connectivity index (χ4v) is 2.28. The third-order valence-corrected chi connectivity index (χ3v) is 3.57. The number of carbonyl (C=O) groups excluding carboxylic acids is 2. The van der Waals surface area contributed by atoms with Gasteiger partial charge in [0.1, 0.15) is 18.4 Å². The number of furan rings is 1. The molecule has 9 nitrogen and oxygen atoms in total. The molecule has 138 valence electrons. The van der Waals surface area contributed by atoms with E-state index in [0.29, 0.717) is 18.1 Å². The van der Waals surface area contributed by atoms with Gasteiger partial charge in [-0.05, 0) is 24.3 Å². The minimum atomic E-state index is -0.292. The van der Waals surface area contributed by atoms with Gasteiger partial charge in [0.2, 0.25) is 11.8 Å². The van der Waals surface area contributed by atoms with Crippen LogP contribution in [0.25, 0.3) is 11.9 Å². The SMILES string of the molecule is O=C(/C=C/c1ccco1)NCCC(=O)NCc1cccnc1-n1cncn1. The van der Waals surface area contributed by atoms with Crippen molar-refractivity contribution in [2.45, 2.75) is 13.0 Å². The molecule has 3 aromatic heterocycles. The highest BCUT2D eigenvalue weighted by molar-refractivity contribution is 5.91. The molecule has 0 unspecified atom stereocenters. The second-order valence-electron chi connectivity index (χ2n) is 5.49. The lowest BCUT2D eigenvalue weighted by atomic mass is 10.2. The number of hydrogen-bond acceptors (Lipinski definition) is 6. The molecular formula is C18H18N6O3. The van der Waals surface area contributed by atoms with E-state index in [1.165, 1.54) is 23.3 Å². The van der Waals surface area contributed by atoms with Gasteiger partial charge in [-0.1, -0.05) is 6.07 Å². The van der Waals surface area contributed by atoms with Gasteiger partial charge in [0.05, 0.1) is 6.26 Å². The summed E-state index contributed by atoms with van der Waals surface area (Å²) >= 11 is 0. The Morgan fingerprint density at radius 3 is 2.93 bits per heavy atom. The van der Waals surface area contributed by atoms with Crippen LogP contribution < -0.4 is 10.6 Å². The second-order valence-corrected chi connectivity index (χ2v) is 5.49. The number of hydrogen-bond donors (Lipinski definition) is 2. The van der Waals surface area contributed by atoms with Crippen molar-refractivity contribution in [1.29, 1.82) is 0 Å². The van der Waals surface area contributed by atoms with Crippen molar-refractivity contribution in [2.24, 2.45) is 0 Å². The average molecular weight is 366 g/mol. The summed E-state index contributed by atoms with van der Waals surface area (Å²) in [6.45, 7) is 0.532. The zero-order chi connectivity index (χ0) is 18.9. The molecule has 0 aliphatic rings. The van der Waals surface area contributed by atoms with Crippen molar-refractivity contribution in [3.63, 3.8) is 0 Å². The topological polar surface area (TPSA) is 115 Å². The highest BCUT2D eigenvalue weighted by atomic mass is 16.3. The van der Waals surface area contributed by atoms with Crippen LogP contribution in [0.4, 0.5) is 0 Å². The maximum atomic E-state index is 12.0. The number of aromatic nitrogens is 4. The van der Waals surface area contributed by atoms with E-state index in [1.54, 1.807) is 36.8 Å². The van der Waals surface area contributed by atoms with Crippen molar-refractivity contribution in [1.82, 2.24) is 30.4 Å². The van der Waals surface area contributed by atoms with Crippen molar-refractivity contribution in [3.05, 3.63) is 66.8 Å². The molecule has 0 spiro atoms. The van der Waals surface area contributed by atoms with Crippen LogP contribution in [0.5, 0.6) is 0 Å². The van der Waals surface area contributed by atoms with Crippen molar-refractivity contribution >= 4 is 17.9 Å². The Labute approximate surface area is 155 Å². The van der Waals surface area contributed by atoms with Crippen LogP contribution in [-0.2, 0) is 16.1 Å². The van der Waals surface area contributed by atoms with E-state index in [4.69, 9.17) is 4.42 Å². The van der Waals surface area contributed by atoms with Crippen molar-refractivity contribution < 1.29 is 14.0 Å². The standard InChI is InChI=1S/C18H18N6O3/c25-16(6-5-15-4-2-10-27-15)20-9-7-17(26)22-11-14-3-1-8-21-18(14)24-13-19-12-23-24/h1-6,8,10,12-13H,7,9,11H2,(H,20,25)(H,22,26)/b6-5+. The van der Waals surface area contributed by atoms with E-state index in [1.807, 2.05) is 6.07 Å². The monoisotopic (exact) mass is 366 g/mol. The molecule has 27 heavy (non-hydrogen) atoms. The number of pyridine rings is 1. The minimum Gasteiger partial charge on any atom is -0.465 e. The fraction of sp³-hybridized carbons (Fsp3) is 0.167. The minimum absolute atomic E-state index is 0.166. The lowest BCUT2D eigenvalue weighted by Crippen LogP contribution is -2.30. The molecule has 3 heterocycles. The van der Waals surface area contributed by atoms with Crippen LogP contribution in [-0.4, -0.2) is 38.1 Å². The number of amides is 2. The summed E-state index contributed by atoms with van der Waals surface area (Å²) < 4.78 is 6.63. The highest BCUT2D eigenvalue weighted by Gasteiger charge is 2.08. The van der Waals surface area contributed by atoms with Gasteiger partial charge < -0.3 is 15.1 Å². The first kappa shape index (κ1) is 18.1. The molecule has 0 aliphatic heterocycles. The third kappa shape index (κ3) is 5.36. The largest absolute Gasteiger partial charge is 0.465 e. The fourth-order valence-electron chi connectivity index (χ4n) is 2.28. The Hall–Kier alpha value is -3.75. The highest BCUT2D eigenvalue weighted by Crippen LogP contribution is 2.09. The Bertz CT molecular complexity index is 903. The molecule has 0 saturated heterocycles. The predicted octanol–water partition coefficient (Wildman–Crippen LogP) is 1.09. The Morgan fingerprint density at radius 1 is 1.22 bits per heavy atom. The maximum Gasteiger partial charge on any atom is 0.244 e. The van der Waals surface area contributed by atoms with Gasteiger partial charge in [-0.2, -0.15) is 5.10 Å². The summed E-state index contributed by atoms with van der Waals surface area (Å²) in [7, 11) is 0. The molecule has 3 rings (SSSR count). The number of rotatable bonds is 8. The quantitative estimate of drug-likeness (QED) is 0.577. The van der Waals surface area contributed by atoms with Crippen LogP contribution in [0.2, 0.25) is 0 Å². The second kappa shape index (κ2) is 9.09. The molecule has 9 heteroatoms. The molecule has 0 fully saturated rings. The van der Waals surface area contributed by atoms with E-state index in [-0.39, 0.29) is 24.8 Å². The first-order valence-electron chi connectivity index (χ1n) is 8.27. The Balaban J connectivity index is 1.42. The molecule has 0 aromatic carbocycles. The van der Waals surface area contributed by atoms with Crippen molar-refractivity contribution in [3.8, 4) is 5.82 Å². The first-order chi connectivity index (χ1) is 13.2. The van der Waals surface area contributed by atoms with E-state index < -0.39 is 0 Å². The van der Waals surface area contributed by atoms with Gasteiger partial charge in [0, 0.05) is 37.3 Å². The molecule has 0 saturated carbocycles. The van der Waals surface area contributed by atoms with Crippen LogP contribution in [0.3, 0.4) is 0 Å². The number of carbonyl (C=O) groups is 2. The summed E-state index contributed by atoms with van der Waals surface area (Å²) in [4.78, 5) is 31.8. The molecule has 0 aliphatic carbocycles. The van der Waals surface area contributed by atoms with Crippen LogP contribution in [0.15, 0.2) is 59.9 Å². The summed E-state index contributed by atoms with van der Waals surface area (Å²) in [5, 5.41) is 9.50. The summed E-state index contributed by atoms with van der Waals surface area (Å²) in [5.41, 5.74) is 0.807. The zero-order valence-electron chi connectivity index (χ0n) is 14.4. The van der Waals surface area contributed by atoms with Gasteiger partial charge in [-0.3, -0.25) is 9.59 Å². The molecule has 0 radical (unpaired) electrons. The Morgan fingerprint density at radius 2 is 2.15 bits per heavy atom. The van der Waals surface area contributed by atoms with Crippen LogP contribution in [0.1, 0.15) is 17.7 Å². The van der Waals surface area contributed by atoms with E-state index in [9.17, 15) is 9.59 Å². The average Bonchev–Trinajstić information content (AvgIpc) is 3.39. The Kier molecular flexibility index (Phi) is 6.08. The molecule has 0 bridgehead atoms. The van der Waals surface area contributed by atoms with E-state index in [0.717, 1.165) is 5.56 Å². The lowest BCUT2D eigenvalue weighted by molar-refractivity contribution is -0.121. The number of nitrogens with one attached hydrogen (secondary N) is 2. The molecule has 0 atom stereocenters. The van der Waals surface area contributed by atoms with E-state index in [2.05, 4.69) is 25.7 Å². The molecule has 3 aromatic rings. The molecule has 2 amide bonds. The first-order valence-corrected chi connectivity index (χ1v) is 8.27. The van der Waals surface area contributed by atoms with E-state index >= 15 is 0 Å². The van der Waals surface area contributed by atoms with Gasteiger partial charge in [0.25, 0.3) is 0 Å². The third-order valence-electron chi connectivity index (χ3n) is 3.57. The van der Waals surface area contributed by atoms with Crippen LogP contribution in [0, 0.1) is 0 Å². The van der Waals surface area contributed by atoms with Gasteiger partial charge >= 0.3 is 0 Å². The molecular weight excluding hydrogens is 348 g/mol. The zero-order valence-corrected chi connectivity index (χ0v) is 14.4. The maximum absolute atomic E-state index is 12.0. The summed E-state index contributed by atoms with van der Waals surface area (Å²) in [5.74, 6) is 0.716. The van der Waals surface area contributed by atoms with Gasteiger partial charge in [-0.15, -0.1) is 0 Å². The smallest absolute Gasteiger partial charge is 0.244 e. The molecule has 2 N–H and O–H groups in total. The predicted molar refractivity (Wildman–Crippen MR) is 96.4 cm³/mol. The normalized spacial score (nSPS) is 10.8. The van der Waals surface area contributed by atoms with Gasteiger partial charge in [0.15, 0.2) is 5.82 Å². The lowest BCUT2D eigenvalue weighted by Gasteiger charge is -2.09. The van der Waals surface area contributed by atoms with Gasteiger partial charge in [-0.25, -0.2) is 14.6 Å². The summed E-state index contributed by atoms with van der Waals surface area (Å²) in [6.07, 6.45) is 9.21. The van der Waals surface area contributed by atoms with Crippen molar-refractivity contribution in [2.75, 3.05) is 6.54 Å². The summed E-state index contributed by atoms with van der Waals surface area (Å²) in [6, 6.07) is 7.11. The number of nitrogens with zero attached hydrogens (tertiary/aromatic N) is 4.